The monoisotopic (exact) mass is 625 g/mol. The van der Waals surface area contributed by atoms with Gasteiger partial charge in [-0.25, -0.2) is 4.79 Å². The van der Waals surface area contributed by atoms with Crippen molar-refractivity contribution in [3.63, 3.8) is 0 Å². The maximum atomic E-state index is 13.3. The predicted octanol–water partition coefficient (Wildman–Crippen LogP) is -1.96. The van der Waals surface area contributed by atoms with Crippen molar-refractivity contribution in [2.24, 2.45) is 11.5 Å². The van der Waals surface area contributed by atoms with Crippen LogP contribution in [0.1, 0.15) is 24.8 Å². The van der Waals surface area contributed by atoms with E-state index >= 15 is 0 Å². The molecule has 1 heterocycles. The van der Waals surface area contributed by atoms with Gasteiger partial charge in [-0.05, 0) is 37.4 Å². The summed E-state index contributed by atoms with van der Waals surface area (Å²) in [5, 5.41) is 29.8. The highest BCUT2D eigenvalue weighted by atomic mass is 32.1. The molecule has 0 radical (unpaired) electrons. The van der Waals surface area contributed by atoms with Crippen LogP contribution in [-0.2, 0) is 30.4 Å². The highest BCUT2D eigenvalue weighted by Gasteiger charge is 2.31. The van der Waals surface area contributed by atoms with Crippen LogP contribution in [0.4, 0.5) is 0 Å². The lowest BCUT2D eigenvalue weighted by atomic mass is 10.0. The molecule has 4 amide bonds. The lowest BCUT2D eigenvalue weighted by molar-refractivity contribution is -0.142. The van der Waals surface area contributed by atoms with Gasteiger partial charge in [-0.15, -0.1) is 0 Å². The molecule has 232 valence electrons. The fourth-order valence-corrected chi connectivity index (χ4v) is 4.47. The summed E-state index contributed by atoms with van der Waals surface area (Å²) in [5.41, 5.74) is 12.7. The van der Waals surface area contributed by atoms with Crippen molar-refractivity contribution in [3.8, 4) is 0 Å². The number of unbranched alkanes of at least 4 members (excludes halogenated alkanes) is 1. The van der Waals surface area contributed by atoms with E-state index in [0.717, 1.165) is 10.9 Å². The topological polar surface area (TPSA) is 242 Å². The van der Waals surface area contributed by atoms with Gasteiger partial charge in [-0.2, -0.15) is 25.3 Å². The number of carboxylic acid groups (broad SMARTS) is 1. The molecular weight excluding hydrogens is 586 g/mol. The second kappa shape index (κ2) is 17.6. The predicted molar refractivity (Wildman–Crippen MR) is 163 cm³/mol. The molecule has 0 spiro atoms. The van der Waals surface area contributed by atoms with E-state index in [9.17, 15) is 34.2 Å². The lowest BCUT2D eigenvalue weighted by Crippen LogP contribution is -2.60. The number of hydrogen-bond acceptors (Lipinski definition) is 10. The minimum Gasteiger partial charge on any atom is -0.480 e. The minimum atomic E-state index is -1.51. The first kappa shape index (κ1) is 34.9. The third-order valence-electron chi connectivity index (χ3n) is 6.46. The van der Waals surface area contributed by atoms with E-state index in [2.05, 4.69) is 51.5 Å². The molecule has 14 nitrogen and oxygen atoms in total. The van der Waals surface area contributed by atoms with E-state index in [1.54, 1.807) is 6.20 Å². The summed E-state index contributed by atoms with van der Waals surface area (Å²) < 4.78 is 0. The third kappa shape index (κ3) is 10.2. The third-order valence-corrected chi connectivity index (χ3v) is 7.22. The lowest BCUT2D eigenvalue weighted by Gasteiger charge is -2.25. The highest BCUT2D eigenvalue weighted by molar-refractivity contribution is 7.80. The van der Waals surface area contributed by atoms with Crippen molar-refractivity contribution >= 4 is 65.8 Å². The largest absolute Gasteiger partial charge is 0.480 e. The van der Waals surface area contributed by atoms with Gasteiger partial charge >= 0.3 is 5.97 Å². The number of para-hydroxylation sites is 1. The second-order valence-corrected chi connectivity index (χ2v) is 10.3. The number of hydrogen-bond donors (Lipinski definition) is 11. The van der Waals surface area contributed by atoms with Crippen LogP contribution >= 0.6 is 25.3 Å². The summed E-state index contributed by atoms with van der Waals surface area (Å²) in [6.45, 7) is -0.461. The number of aromatic nitrogens is 1. The van der Waals surface area contributed by atoms with Gasteiger partial charge in [-0.3, -0.25) is 19.2 Å². The van der Waals surface area contributed by atoms with E-state index in [1.165, 1.54) is 0 Å². The number of carbonyl (C=O) groups excluding carboxylic acids is 4. The van der Waals surface area contributed by atoms with Gasteiger partial charge in [0.05, 0.1) is 12.6 Å². The molecule has 0 saturated carbocycles. The number of thiol groups is 2. The fraction of sp³-hybridized carbons (Fsp3) is 0.500. The molecule has 0 bridgehead atoms. The molecule has 0 fully saturated rings. The Hall–Kier alpha value is -3.31. The Morgan fingerprint density at radius 2 is 1.43 bits per heavy atom. The fourth-order valence-electron chi connectivity index (χ4n) is 4.05. The van der Waals surface area contributed by atoms with E-state index < -0.39 is 66.4 Å². The van der Waals surface area contributed by atoms with Crippen molar-refractivity contribution < 1.29 is 34.2 Å². The summed E-state index contributed by atoms with van der Waals surface area (Å²) in [6.07, 6.45) is 2.92. The van der Waals surface area contributed by atoms with E-state index in [-0.39, 0.29) is 24.3 Å². The van der Waals surface area contributed by atoms with Crippen molar-refractivity contribution in [1.82, 2.24) is 26.3 Å². The number of aliphatic hydroxyl groups excluding tert-OH is 1. The summed E-state index contributed by atoms with van der Waals surface area (Å²) in [7, 11) is 0. The number of aliphatic hydroxyl groups is 1. The van der Waals surface area contributed by atoms with E-state index in [1.807, 2.05) is 24.3 Å². The van der Waals surface area contributed by atoms with Gasteiger partial charge in [0.15, 0.2) is 0 Å². The number of nitrogens with one attached hydrogen (secondary N) is 5. The zero-order valence-corrected chi connectivity index (χ0v) is 24.7. The Labute approximate surface area is 253 Å². The standard InChI is InChI=1S/C26H39N7O7S2/c27-8-4-3-7-18(26(39)40)30-25(38)21(13-42)33-24(37)20(11-34)32-23(36)19(31-22(35)16(28)12-41)9-14-10-29-17-6-2-1-5-15(14)17/h1-2,5-6,10,16,18-21,29,34,41-42H,3-4,7-9,11-13,27-28H2,(H,30,38)(H,31,35)(H,32,36)(H,33,37)(H,39,40)/t16-,18-,19-,20-,21-/m0/s1. The van der Waals surface area contributed by atoms with Gasteiger partial charge in [0, 0.05) is 35.0 Å². The Kier molecular flexibility index (Phi) is 14.6. The van der Waals surface area contributed by atoms with Crippen molar-refractivity contribution in [1.29, 1.82) is 0 Å². The molecule has 1 aromatic heterocycles. The van der Waals surface area contributed by atoms with Gasteiger partial charge in [0.2, 0.25) is 23.6 Å². The molecule has 2 rings (SSSR count). The number of benzene rings is 1. The molecular formula is C26H39N7O7S2. The zero-order chi connectivity index (χ0) is 31.2. The molecule has 0 unspecified atom stereocenters. The highest BCUT2D eigenvalue weighted by Crippen LogP contribution is 2.19. The van der Waals surface area contributed by atoms with E-state index in [4.69, 9.17) is 11.5 Å². The molecule has 11 N–H and O–H groups in total. The molecule has 1 aromatic carbocycles. The first-order chi connectivity index (χ1) is 20.1. The molecule has 0 aliphatic rings. The number of carboxylic acids is 1. The minimum absolute atomic E-state index is 0.0257. The van der Waals surface area contributed by atoms with Gasteiger partial charge in [0.25, 0.3) is 0 Å². The summed E-state index contributed by atoms with van der Waals surface area (Å²) in [5.74, 6) is -4.55. The maximum Gasteiger partial charge on any atom is 0.326 e. The molecule has 16 heteroatoms. The quantitative estimate of drug-likeness (QED) is 0.0650. The first-order valence-corrected chi connectivity index (χ1v) is 14.6. The smallest absolute Gasteiger partial charge is 0.326 e. The average Bonchev–Trinajstić information content (AvgIpc) is 3.39. The van der Waals surface area contributed by atoms with Crippen LogP contribution in [0, 0.1) is 0 Å². The number of H-pyrrole nitrogens is 1. The average molecular weight is 626 g/mol. The molecule has 5 atom stereocenters. The number of nitrogens with two attached hydrogens (primary N) is 2. The number of aliphatic carboxylic acids is 1. The first-order valence-electron chi connectivity index (χ1n) is 13.3. The van der Waals surface area contributed by atoms with Crippen LogP contribution in [-0.4, -0.2) is 99.7 Å². The second-order valence-electron chi connectivity index (χ2n) is 9.59. The van der Waals surface area contributed by atoms with Gasteiger partial charge in [0.1, 0.15) is 24.2 Å². The Morgan fingerprint density at radius 3 is 2.05 bits per heavy atom. The van der Waals surface area contributed by atoms with Crippen LogP contribution in [0.25, 0.3) is 10.9 Å². The molecule has 0 aliphatic carbocycles. The van der Waals surface area contributed by atoms with Crippen molar-refractivity contribution in [2.75, 3.05) is 24.7 Å². The number of rotatable bonds is 18. The number of carbonyl (C=O) groups is 5. The summed E-state index contributed by atoms with van der Waals surface area (Å²) in [6, 6.07) is 1.21. The molecule has 0 aliphatic heterocycles. The van der Waals surface area contributed by atoms with Gasteiger partial charge < -0.3 is 47.9 Å². The van der Waals surface area contributed by atoms with Crippen LogP contribution in [0.2, 0.25) is 0 Å². The SMILES string of the molecule is NCCCC[C@H](NC(=O)[C@H](CS)NC(=O)[C@H](CO)NC(=O)[C@H](Cc1c[nH]c2ccccc12)NC(=O)[C@@H](N)CS)C(=O)O. The Bertz CT molecular complexity index is 1230. The van der Waals surface area contributed by atoms with Crippen molar-refractivity contribution in [2.45, 2.75) is 55.9 Å². The van der Waals surface area contributed by atoms with Crippen LogP contribution in [0.15, 0.2) is 30.5 Å². The number of fused-ring (bicyclic) bond motifs is 1. The molecule has 2 aromatic rings. The van der Waals surface area contributed by atoms with Crippen LogP contribution in [0.3, 0.4) is 0 Å². The maximum absolute atomic E-state index is 13.3. The van der Waals surface area contributed by atoms with Gasteiger partial charge in [-0.1, -0.05) is 18.2 Å². The normalized spacial score (nSPS) is 14.7. The summed E-state index contributed by atoms with van der Waals surface area (Å²) >= 11 is 8.10. The zero-order valence-electron chi connectivity index (χ0n) is 22.9. The van der Waals surface area contributed by atoms with Crippen molar-refractivity contribution in [3.05, 3.63) is 36.0 Å². The van der Waals surface area contributed by atoms with E-state index in [0.29, 0.717) is 24.9 Å². The number of aromatic amines is 1. The summed E-state index contributed by atoms with van der Waals surface area (Å²) in [4.78, 5) is 66.2. The van der Waals surface area contributed by atoms with Crippen LogP contribution in [0.5, 0.6) is 0 Å². The Balaban J connectivity index is 2.14. The van der Waals surface area contributed by atoms with Crippen LogP contribution < -0.4 is 32.7 Å². The molecule has 42 heavy (non-hydrogen) atoms. The molecule has 0 saturated heterocycles. The Morgan fingerprint density at radius 1 is 0.833 bits per heavy atom. The number of amides is 4.